The Labute approximate surface area is 127 Å². The number of sulfone groups is 1. The van der Waals surface area contributed by atoms with Crippen LogP contribution in [-0.2, 0) is 20.0 Å². The molecule has 0 aromatic heterocycles. The van der Waals surface area contributed by atoms with E-state index in [9.17, 15) is 13.2 Å². The zero-order valence-corrected chi connectivity index (χ0v) is 13.3. The van der Waals surface area contributed by atoms with Crippen molar-refractivity contribution in [3.8, 4) is 0 Å². The molecule has 3 rings (SSSR count). The fraction of sp³-hybridized carbons (Fsp3) is 0.500. The number of hydrogen-bond acceptors (Lipinski definition) is 3. The minimum Gasteiger partial charge on any atom is -0.352 e. The molecule has 20 heavy (non-hydrogen) atoms. The lowest BCUT2D eigenvalue weighted by Crippen LogP contribution is -2.42. The van der Waals surface area contributed by atoms with Gasteiger partial charge in [0, 0.05) is 10.5 Å². The Kier molecular flexibility index (Phi) is 3.41. The molecule has 108 valence electrons. The summed E-state index contributed by atoms with van der Waals surface area (Å²) in [7, 11) is -2.96. The monoisotopic (exact) mass is 357 g/mol. The van der Waals surface area contributed by atoms with Gasteiger partial charge in [0.2, 0.25) is 5.91 Å². The van der Waals surface area contributed by atoms with Gasteiger partial charge in [-0.05, 0) is 37.0 Å². The van der Waals surface area contributed by atoms with Crippen LogP contribution in [0, 0.1) is 0 Å². The summed E-state index contributed by atoms with van der Waals surface area (Å²) in [6.45, 7) is 0. The number of carbonyl (C=O) groups excluding carboxylic acids is 1. The van der Waals surface area contributed by atoms with E-state index in [1.54, 1.807) is 0 Å². The summed E-state index contributed by atoms with van der Waals surface area (Å²) in [6, 6.07) is 7.57. The summed E-state index contributed by atoms with van der Waals surface area (Å²) in [5.41, 5.74) is 0.576. The topological polar surface area (TPSA) is 63.2 Å². The van der Waals surface area contributed by atoms with Gasteiger partial charge >= 0.3 is 0 Å². The van der Waals surface area contributed by atoms with Crippen molar-refractivity contribution >= 4 is 31.7 Å². The predicted octanol–water partition coefficient (Wildman–Crippen LogP) is 1.78. The first-order valence-electron chi connectivity index (χ1n) is 6.69. The lowest BCUT2D eigenvalue weighted by molar-refractivity contribution is -0.124. The first-order valence-corrected chi connectivity index (χ1v) is 9.30. The largest absolute Gasteiger partial charge is 0.352 e. The van der Waals surface area contributed by atoms with E-state index in [0.717, 1.165) is 22.9 Å². The number of halogens is 1. The molecule has 0 radical (unpaired) electrons. The van der Waals surface area contributed by atoms with Gasteiger partial charge in [-0.25, -0.2) is 8.42 Å². The summed E-state index contributed by atoms with van der Waals surface area (Å²) in [5, 5.41) is 2.92. The highest BCUT2D eigenvalue weighted by molar-refractivity contribution is 9.10. The Bertz CT molecular complexity index is 635. The molecular formula is C14H16BrNO3S. The van der Waals surface area contributed by atoms with Crippen LogP contribution in [0.4, 0.5) is 0 Å². The van der Waals surface area contributed by atoms with Crippen LogP contribution in [-0.4, -0.2) is 31.9 Å². The average molecular weight is 358 g/mol. The van der Waals surface area contributed by atoms with Crippen LogP contribution in [0.2, 0.25) is 0 Å². The third-order valence-electron chi connectivity index (χ3n) is 4.15. The van der Waals surface area contributed by atoms with E-state index in [0.29, 0.717) is 6.42 Å². The maximum Gasteiger partial charge on any atom is 0.230 e. The van der Waals surface area contributed by atoms with E-state index in [-0.39, 0.29) is 23.5 Å². The van der Waals surface area contributed by atoms with E-state index in [4.69, 9.17) is 0 Å². The number of rotatable bonds is 3. The Morgan fingerprint density at radius 3 is 2.40 bits per heavy atom. The third-order valence-corrected chi connectivity index (χ3v) is 6.45. The van der Waals surface area contributed by atoms with Gasteiger partial charge < -0.3 is 5.32 Å². The van der Waals surface area contributed by atoms with Crippen LogP contribution in [0.1, 0.15) is 24.8 Å². The van der Waals surface area contributed by atoms with Gasteiger partial charge in [0.25, 0.3) is 0 Å². The van der Waals surface area contributed by atoms with Gasteiger partial charge in [-0.3, -0.25) is 4.79 Å². The summed E-state index contributed by atoms with van der Waals surface area (Å²) in [4.78, 5) is 12.5. The predicted molar refractivity (Wildman–Crippen MR) is 80.3 cm³/mol. The van der Waals surface area contributed by atoms with Crippen molar-refractivity contribution in [3.05, 3.63) is 34.3 Å². The molecule has 1 amide bonds. The highest BCUT2D eigenvalue weighted by atomic mass is 79.9. The molecule has 1 N–H and O–H groups in total. The van der Waals surface area contributed by atoms with Crippen molar-refractivity contribution in [1.82, 2.24) is 5.32 Å². The average Bonchev–Trinajstić information content (AvgIpc) is 3.12. The van der Waals surface area contributed by atoms with Crippen LogP contribution in [0.25, 0.3) is 0 Å². The van der Waals surface area contributed by atoms with Gasteiger partial charge in [-0.15, -0.1) is 0 Å². The lowest BCUT2D eigenvalue weighted by Gasteiger charge is -2.19. The van der Waals surface area contributed by atoms with Gasteiger partial charge in [-0.2, -0.15) is 0 Å². The molecule has 1 heterocycles. The van der Waals surface area contributed by atoms with Gasteiger partial charge in [0.05, 0.1) is 16.9 Å². The number of amides is 1. The van der Waals surface area contributed by atoms with Crippen LogP contribution in [0.15, 0.2) is 28.7 Å². The second kappa shape index (κ2) is 4.84. The first kappa shape index (κ1) is 14.1. The Morgan fingerprint density at radius 2 is 1.90 bits per heavy atom. The second-order valence-corrected chi connectivity index (χ2v) is 8.81. The van der Waals surface area contributed by atoms with Gasteiger partial charge in [0.1, 0.15) is 0 Å². The number of benzene rings is 1. The maximum atomic E-state index is 12.5. The molecule has 1 unspecified atom stereocenters. The van der Waals surface area contributed by atoms with Crippen molar-refractivity contribution in [1.29, 1.82) is 0 Å². The molecule has 0 spiro atoms. The molecule has 1 atom stereocenters. The fourth-order valence-corrected chi connectivity index (χ4v) is 4.71. The summed E-state index contributed by atoms with van der Waals surface area (Å²) < 4.78 is 23.9. The highest BCUT2D eigenvalue weighted by Crippen LogP contribution is 2.48. The quantitative estimate of drug-likeness (QED) is 0.896. The zero-order valence-electron chi connectivity index (χ0n) is 10.9. The van der Waals surface area contributed by atoms with Crippen molar-refractivity contribution in [3.63, 3.8) is 0 Å². The Morgan fingerprint density at radius 1 is 1.25 bits per heavy atom. The molecule has 6 heteroatoms. The van der Waals surface area contributed by atoms with Crippen LogP contribution < -0.4 is 5.32 Å². The van der Waals surface area contributed by atoms with Crippen LogP contribution >= 0.6 is 15.9 Å². The molecule has 1 aliphatic heterocycles. The molecule has 1 aliphatic carbocycles. The minimum atomic E-state index is -2.96. The van der Waals surface area contributed by atoms with E-state index in [1.165, 1.54) is 0 Å². The van der Waals surface area contributed by atoms with E-state index in [1.807, 2.05) is 24.3 Å². The van der Waals surface area contributed by atoms with Gasteiger partial charge in [-0.1, -0.05) is 28.1 Å². The van der Waals surface area contributed by atoms with E-state index >= 15 is 0 Å². The van der Waals surface area contributed by atoms with Crippen LogP contribution in [0.5, 0.6) is 0 Å². The first-order chi connectivity index (χ1) is 9.41. The van der Waals surface area contributed by atoms with Gasteiger partial charge in [0.15, 0.2) is 9.84 Å². The highest BCUT2D eigenvalue weighted by Gasteiger charge is 2.51. The molecule has 0 bridgehead atoms. The van der Waals surface area contributed by atoms with Crippen molar-refractivity contribution < 1.29 is 13.2 Å². The summed E-state index contributed by atoms with van der Waals surface area (Å²) in [6.07, 6.45) is 2.20. The maximum absolute atomic E-state index is 12.5. The van der Waals surface area contributed by atoms with Crippen molar-refractivity contribution in [2.24, 2.45) is 0 Å². The molecule has 1 aromatic rings. The smallest absolute Gasteiger partial charge is 0.230 e. The Hall–Kier alpha value is -0.880. The second-order valence-electron chi connectivity index (χ2n) is 5.66. The molecule has 1 saturated carbocycles. The van der Waals surface area contributed by atoms with Crippen LogP contribution in [0.3, 0.4) is 0 Å². The molecule has 2 fully saturated rings. The number of nitrogens with one attached hydrogen (secondary N) is 1. The molecule has 1 saturated heterocycles. The minimum absolute atomic E-state index is 0.0260. The van der Waals surface area contributed by atoms with Crippen molar-refractivity contribution in [2.45, 2.75) is 30.7 Å². The van der Waals surface area contributed by atoms with Crippen molar-refractivity contribution in [2.75, 3.05) is 11.5 Å². The number of hydrogen-bond donors (Lipinski definition) is 1. The van der Waals surface area contributed by atoms with E-state index < -0.39 is 15.3 Å². The molecular weight excluding hydrogens is 342 g/mol. The fourth-order valence-electron chi connectivity index (χ4n) is 2.77. The number of carbonyl (C=O) groups is 1. The molecule has 4 nitrogen and oxygen atoms in total. The summed E-state index contributed by atoms with van der Waals surface area (Å²) >= 11 is 3.39. The molecule has 1 aromatic carbocycles. The third kappa shape index (κ3) is 2.63. The summed E-state index contributed by atoms with van der Waals surface area (Å²) in [5.74, 6) is 0.236. The van der Waals surface area contributed by atoms with E-state index in [2.05, 4.69) is 21.2 Å². The standard InChI is InChI=1S/C14H16BrNO3S/c15-11-3-1-10(2-4-11)14(6-7-14)13(17)16-12-5-8-20(18,19)9-12/h1-4,12H,5-9H2,(H,16,17). The molecule has 2 aliphatic rings. The zero-order chi connectivity index (χ0) is 14.4. The lowest BCUT2D eigenvalue weighted by atomic mass is 9.94. The normalized spacial score (nSPS) is 26.1. The Balaban J connectivity index is 1.72. The SMILES string of the molecule is O=C(NC1CCS(=O)(=O)C1)C1(c2ccc(Br)cc2)CC1.